The minimum absolute atomic E-state index is 0.128. The number of aliphatic hydroxyl groups excluding tert-OH is 1. The number of nitrogens with one attached hydrogen (secondary N) is 1. The van der Waals surface area contributed by atoms with E-state index >= 15 is 0 Å². The van der Waals surface area contributed by atoms with Gasteiger partial charge < -0.3 is 15.3 Å². The van der Waals surface area contributed by atoms with Crippen LogP contribution in [0.5, 0.6) is 0 Å². The summed E-state index contributed by atoms with van der Waals surface area (Å²) in [6.45, 7) is 5.71. The van der Waals surface area contributed by atoms with Crippen molar-refractivity contribution in [2.24, 2.45) is 5.92 Å². The van der Waals surface area contributed by atoms with Crippen LogP contribution in [0.1, 0.15) is 31.7 Å². The third kappa shape index (κ3) is 3.70. The van der Waals surface area contributed by atoms with Crippen LogP contribution in [0, 0.1) is 11.7 Å². The Hall–Kier alpha value is -1.13. The highest BCUT2D eigenvalue weighted by Gasteiger charge is 2.24. The standard InChI is InChI=1S/C16H25FN2O/c1-2-8-18-11-14-15(17)4-3-5-16(14)19-9-6-13(12-19)7-10-20/h3-5,13,18,20H,2,6-12H2,1H3. The fourth-order valence-corrected chi connectivity index (χ4v) is 2.88. The number of nitrogens with zero attached hydrogens (tertiary/aromatic N) is 1. The zero-order valence-corrected chi connectivity index (χ0v) is 12.2. The average Bonchev–Trinajstić information content (AvgIpc) is 2.89. The molecular formula is C16H25FN2O. The van der Waals surface area contributed by atoms with Crippen LogP contribution in [0.25, 0.3) is 0 Å². The molecule has 20 heavy (non-hydrogen) atoms. The van der Waals surface area contributed by atoms with Crippen LogP contribution in [0.3, 0.4) is 0 Å². The molecule has 1 unspecified atom stereocenters. The number of anilines is 1. The van der Waals surface area contributed by atoms with Gasteiger partial charge in [-0.05, 0) is 43.9 Å². The van der Waals surface area contributed by atoms with Crippen LogP contribution in [-0.4, -0.2) is 31.3 Å². The van der Waals surface area contributed by atoms with Crippen molar-refractivity contribution < 1.29 is 9.50 Å². The van der Waals surface area contributed by atoms with Crippen molar-refractivity contribution in [3.8, 4) is 0 Å². The van der Waals surface area contributed by atoms with E-state index in [0.717, 1.165) is 50.1 Å². The van der Waals surface area contributed by atoms with E-state index in [1.54, 1.807) is 6.07 Å². The summed E-state index contributed by atoms with van der Waals surface area (Å²) < 4.78 is 14.1. The smallest absolute Gasteiger partial charge is 0.129 e. The van der Waals surface area contributed by atoms with Gasteiger partial charge >= 0.3 is 0 Å². The molecule has 0 amide bonds. The Bertz CT molecular complexity index is 425. The third-order valence-corrected chi connectivity index (χ3v) is 3.99. The first-order valence-electron chi connectivity index (χ1n) is 7.60. The summed E-state index contributed by atoms with van der Waals surface area (Å²) in [7, 11) is 0. The SMILES string of the molecule is CCCNCc1c(F)cccc1N1CCC(CCO)C1. The first-order valence-corrected chi connectivity index (χ1v) is 7.60. The van der Waals surface area contributed by atoms with Crippen LogP contribution >= 0.6 is 0 Å². The van der Waals surface area contributed by atoms with Crippen molar-refractivity contribution in [3.05, 3.63) is 29.6 Å². The van der Waals surface area contributed by atoms with Gasteiger partial charge in [0.25, 0.3) is 0 Å². The summed E-state index contributed by atoms with van der Waals surface area (Å²) in [5.41, 5.74) is 1.78. The predicted molar refractivity (Wildman–Crippen MR) is 80.4 cm³/mol. The molecule has 0 radical (unpaired) electrons. The first kappa shape index (κ1) is 15.3. The molecule has 1 heterocycles. The molecule has 4 heteroatoms. The Morgan fingerprint density at radius 2 is 2.30 bits per heavy atom. The molecule has 0 spiro atoms. The van der Waals surface area contributed by atoms with Crippen LogP contribution < -0.4 is 10.2 Å². The van der Waals surface area contributed by atoms with Crippen molar-refractivity contribution >= 4 is 5.69 Å². The van der Waals surface area contributed by atoms with Gasteiger partial charge in [0.2, 0.25) is 0 Å². The molecule has 2 rings (SSSR count). The van der Waals surface area contributed by atoms with E-state index in [9.17, 15) is 4.39 Å². The number of aliphatic hydroxyl groups is 1. The van der Waals surface area contributed by atoms with E-state index in [-0.39, 0.29) is 12.4 Å². The monoisotopic (exact) mass is 280 g/mol. The second-order valence-electron chi connectivity index (χ2n) is 5.53. The maximum absolute atomic E-state index is 14.1. The van der Waals surface area contributed by atoms with E-state index in [2.05, 4.69) is 17.1 Å². The van der Waals surface area contributed by atoms with Crippen molar-refractivity contribution in [2.45, 2.75) is 32.7 Å². The van der Waals surface area contributed by atoms with Gasteiger partial charge in [-0.25, -0.2) is 4.39 Å². The molecule has 0 bridgehead atoms. The fourth-order valence-electron chi connectivity index (χ4n) is 2.88. The molecule has 1 fully saturated rings. The summed E-state index contributed by atoms with van der Waals surface area (Å²) in [5, 5.41) is 12.3. The minimum Gasteiger partial charge on any atom is -0.396 e. The molecule has 0 aliphatic carbocycles. The summed E-state index contributed by atoms with van der Waals surface area (Å²) >= 11 is 0. The van der Waals surface area contributed by atoms with Crippen LogP contribution in [0.2, 0.25) is 0 Å². The highest BCUT2D eigenvalue weighted by Crippen LogP contribution is 2.29. The summed E-state index contributed by atoms with van der Waals surface area (Å²) in [5.74, 6) is 0.399. The van der Waals surface area contributed by atoms with E-state index in [1.807, 2.05) is 6.07 Å². The molecule has 1 aromatic rings. The molecule has 1 atom stereocenters. The average molecular weight is 280 g/mol. The summed E-state index contributed by atoms with van der Waals surface area (Å²) in [6, 6.07) is 5.33. The molecule has 0 saturated carbocycles. The van der Waals surface area contributed by atoms with Crippen LogP contribution in [0.4, 0.5) is 10.1 Å². The van der Waals surface area contributed by atoms with Gasteiger partial charge in [-0.1, -0.05) is 13.0 Å². The lowest BCUT2D eigenvalue weighted by Crippen LogP contribution is -2.24. The lowest BCUT2D eigenvalue weighted by molar-refractivity contribution is 0.263. The number of benzene rings is 1. The Morgan fingerprint density at radius 3 is 3.05 bits per heavy atom. The molecule has 1 saturated heterocycles. The highest BCUT2D eigenvalue weighted by atomic mass is 19.1. The molecule has 0 aromatic heterocycles. The highest BCUT2D eigenvalue weighted by molar-refractivity contribution is 5.55. The van der Waals surface area contributed by atoms with Crippen molar-refractivity contribution in [3.63, 3.8) is 0 Å². The maximum Gasteiger partial charge on any atom is 0.129 e. The Balaban J connectivity index is 2.08. The number of halogens is 1. The molecular weight excluding hydrogens is 255 g/mol. The molecule has 2 N–H and O–H groups in total. The molecule has 1 aromatic carbocycles. The number of hydrogen-bond acceptors (Lipinski definition) is 3. The van der Waals surface area contributed by atoms with Gasteiger partial charge in [-0.2, -0.15) is 0 Å². The van der Waals surface area contributed by atoms with Crippen molar-refractivity contribution in [1.29, 1.82) is 0 Å². The molecule has 112 valence electrons. The number of hydrogen-bond donors (Lipinski definition) is 2. The van der Waals surface area contributed by atoms with E-state index in [1.165, 1.54) is 6.07 Å². The largest absolute Gasteiger partial charge is 0.396 e. The van der Waals surface area contributed by atoms with E-state index in [0.29, 0.717) is 12.5 Å². The van der Waals surface area contributed by atoms with E-state index in [4.69, 9.17) is 5.11 Å². The van der Waals surface area contributed by atoms with Crippen LogP contribution in [0.15, 0.2) is 18.2 Å². The predicted octanol–water partition coefficient (Wildman–Crippen LogP) is 2.53. The summed E-state index contributed by atoms with van der Waals surface area (Å²) in [4.78, 5) is 2.26. The zero-order chi connectivity index (χ0) is 14.4. The third-order valence-electron chi connectivity index (χ3n) is 3.99. The molecule has 1 aliphatic rings. The molecule has 3 nitrogen and oxygen atoms in total. The molecule has 1 aliphatic heterocycles. The quantitative estimate of drug-likeness (QED) is 0.753. The van der Waals surface area contributed by atoms with Gasteiger partial charge in [0.1, 0.15) is 5.82 Å². The van der Waals surface area contributed by atoms with Crippen molar-refractivity contribution in [1.82, 2.24) is 5.32 Å². The lowest BCUT2D eigenvalue weighted by atomic mass is 10.1. The maximum atomic E-state index is 14.1. The van der Waals surface area contributed by atoms with Crippen LogP contribution in [-0.2, 0) is 6.54 Å². The van der Waals surface area contributed by atoms with Gasteiger partial charge in [-0.3, -0.25) is 0 Å². The van der Waals surface area contributed by atoms with Crippen molar-refractivity contribution in [2.75, 3.05) is 31.1 Å². The Labute approximate surface area is 120 Å². The number of rotatable bonds is 7. The van der Waals surface area contributed by atoms with Gasteiger partial charge in [0.05, 0.1) is 0 Å². The topological polar surface area (TPSA) is 35.5 Å². The second-order valence-corrected chi connectivity index (χ2v) is 5.53. The zero-order valence-electron chi connectivity index (χ0n) is 12.2. The van der Waals surface area contributed by atoms with Gasteiger partial charge in [0.15, 0.2) is 0 Å². The lowest BCUT2D eigenvalue weighted by Gasteiger charge is -2.23. The Morgan fingerprint density at radius 1 is 1.45 bits per heavy atom. The normalized spacial score (nSPS) is 18.8. The van der Waals surface area contributed by atoms with E-state index < -0.39 is 0 Å². The van der Waals surface area contributed by atoms with Gasteiger partial charge in [0, 0.05) is 37.5 Å². The minimum atomic E-state index is -0.128. The summed E-state index contributed by atoms with van der Waals surface area (Å²) in [6.07, 6.45) is 2.97. The fraction of sp³-hybridized carbons (Fsp3) is 0.625. The Kier molecular flexibility index (Phi) is 5.80. The second kappa shape index (κ2) is 7.60. The van der Waals surface area contributed by atoms with Gasteiger partial charge in [-0.15, -0.1) is 0 Å². The first-order chi connectivity index (χ1) is 9.76.